The average molecular weight is 461 g/mol. The molecule has 176 valence electrons. The van der Waals surface area contributed by atoms with Gasteiger partial charge in [0.25, 0.3) is 12.0 Å². The van der Waals surface area contributed by atoms with Crippen LogP contribution in [0.2, 0.25) is 0 Å². The molecule has 0 amide bonds. The number of anilines is 1. The Morgan fingerprint density at radius 2 is 2.03 bits per heavy atom. The van der Waals surface area contributed by atoms with Crippen molar-refractivity contribution in [1.29, 1.82) is 0 Å². The van der Waals surface area contributed by atoms with Crippen molar-refractivity contribution < 1.29 is 18.3 Å². The molecule has 3 atom stereocenters. The molecular weight excluding hydrogens is 435 g/mol. The van der Waals surface area contributed by atoms with Crippen LogP contribution in [0.1, 0.15) is 42.5 Å². The number of hydrogen-bond acceptors (Lipinski definition) is 6. The van der Waals surface area contributed by atoms with E-state index in [1.807, 2.05) is 0 Å². The normalized spacial score (nSPS) is 19.7. The van der Waals surface area contributed by atoms with E-state index >= 15 is 0 Å². The maximum atomic E-state index is 14.6. The lowest BCUT2D eigenvalue weighted by molar-refractivity contribution is 0.114. The molecule has 2 aromatic heterocycles. The molecule has 3 N–H and O–H groups in total. The smallest absolute Gasteiger partial charge is 0.266 e. The van der Waals surface area contributed by atoms with E-state index < -0.39 is 30.0 Å². The highest BCUT2D eigenvalue weighted by atomic mass is 19.3. The van der Waals surface area contributed by atoms with Gasteiger partial charge in [-0.2, -0.15) is 0 Å². The Labute approximate surface area is 188 Å². The van der Waals surface area contributed by atoms with Crippen LogP contribution in [0.3, 0.4) is 0 Å². The second kappa shape index (κ2) is 9.48. The summed E-state index contributed by atoms with van der Waals surface area (Å²) < 4.78 is 42.3. The van der Waals surface area contributed by atoms with Crippen molar-refractivity contribution in [1.82, 2.24) is 19.9 Å². The maximum Gasteiger partial charge on any atom is 0.266 e. The number of nitrogens with one attached hydrogen (secondary N) is 2. The average Bonchev–Trinajstić information content (AvgIpc) is 2.77. The molecule has 1 aliphatic rings. The van der Waals surface area contributed by atoms with Crippen molar-refractivity contribution >= 4 is 16.9 Å². The number of hydrogen-bond donors (Lipinski definition) is 3. The van der Waals surface area contributed by atoms with Crippen LogP contribution in [0.4, 0.5) is 19.0 Å². The molecule has 0 radical (unpaired) electrons. The number of fused-ring (bicyclic) bond motifs is 1. The zero-order valence-electron chi connectivity index (χ0n) is 18.4. The standard InChI is InChI=1S/C23H26F3N5O2/c1-12(16-4-3-5-17(19(16)24)20(25)26)30-21-18-8-14(6-13-7-15(32)10-27-9-13)23(33)31(2)22(18)29-11-28-21/h3-5,8,11-13,15,20,27,32H,6-7,9-10H2,1-2H3,(H,28,29,30)/t12-,13?,15?/m1/s1. The highest BCUT2D eigenvalue weighted by Crippen LogP contribution is 2.30. The van der Waals surface area contributed by atoms with Crippen molar-refractivity contribution in [3.63, 3.8) is 0 Å². The lowest BCUT2D eigenvalue weighted by atomic mass is 9.91. The molecule has 1 aromatic carbocycles. The summed E-state index contributed by atoms with van der Waals surface area (Å²) in [5.74, 6) is -0.486. The van der Waals surface area contributed by atoms with Gasteiger partial charge in [-0.25, -0.2) is 23.1 Å². The molecule has 33 heavy (non-hydrogen) atoms. The van der Waals surface area contributed by atoms with E-state index in [9.17, 15) is 23.1 Å². The number of nitrogens with zero attached hydrogens (tertiary/aromatic N) is 3. The fourth-order valence-corrected chi connectivity index (χ4v) is 4.42. The molecule has 2 unspecified atom stereocenters. The topological polar surface area (TPSA) is 92.1 Å². The zero-order chi connectivity index (χ0) is 23.7. The second-order valence-corrected chi connectivity index (χ2v) is 8.53. The molecule has 3 aromatic rings. The molecule has 1 aliphatic heterocycles. The molecule has 1 fully saturated rings. The summed E-state index contributed by atoms with van der Waals surface area (Å²) in [5.41, 5.74) is 0.212. The van der Waals surface area contributed by atoms with Crippen LogP contribution in [0, 0.1) is 11.7 Å². The molecule has 3 heterocycles. The number of alkyl halides is 2. The Morgan fingerprint density at radius 1 is 1.27 bits per heavy atom. The lowest BCUT2D eigenvalue weighted by Gasteiger charge is -2.27. The summed E-state index contributed by atoms with van der Waals surface area (Å²) in [6.07, 6.45) is -0.998. The van der Waals surface area contributed by atoms with Crippen molar-refractivity contribution in [2.24, 2.45) is 13.0 Å². The van der Waals surface area contributed by atoms with Gasteiger partial charge in [0.1, 0.15) is 23.6 Å². The first-order valence-electron chi connectivity index (χ1n) is 10.8. The number of aryl methyl sites for hydroxylation is 1. The monoisotopic (exact) mass is 461 g/mol. The van der Waals surface area contributed by atoms with Gasteiger partial charge in [-0.05, 0) is 38.3 Å². The van der Waals surface area contributed by atoms with Gasteiger partial charge in [0.05, 0.1) is 23.1 Å². The number of benzene rings is 1. The van der Waals surface area contributed by atoms with Gasteiger partial charge in [0.2, 0.25) is 0 Å². The summed E-state index contributed by atoms with van der Waals surface area (Å²) in [6, 6.07) is 4.96. The Bertz CT molecular complexity index is 1220. The fraction of sp³-hybridized carbons (Fsp3) is 0.435. The predicted octanol–water partition coefficient (Wildman–Crippen LogP) is 3.09. The van der Waals surface area contributed by atoms with Gasteiger partial charge in [-0.3, -0.25) is 9.36 Å². The molecule has 4 rings (SSSR count). The minimum atomic E-state index is -2.91. The van der Waals surface area contributed by atoms with Crippen LogP contribution < -0.4 is 16.2 Å². The molecule has 10 heteroatoms. The SMILES string of the molecule is C[C@@H](Nc1ncnc2c1cc(CC1CNCC(O)C1)c(=O)n2C)c1cccc(C(F)F)c1F. The quantitative estimate of drug-likeness (QED) is 0.523. The largest absolute Gasteiger partial charge is 0.392 e. The summed E-state index contributed by atoms with van der Waals surface area (Å²) in [5, 5.41) is 16.7. The van der Waals surface area contributed by atoms with Gasteiger partial charge in [-0.15, -0.1) is 0 Å². The number of aliphatic hydroxyl groups is 1. The van der Waals surface area contributed by atoms with Gasteiger partial charge in [0, 0.05) is 24.7 Å². The van der Waals surface area contributed by atoms with Crippen molar-refractivity contribution in [3.05, 3.63) is 63.5 Å². The molecule has 0 bridgehead atoms. The predicted molar refractivity (Wildman–Crippen MR) is 119 cm³/mol. The van der Waals surface area contributed by atoms with E-state index in [1.165, 1.54) is 23.0 Å². The first-order valence-corrected chi connectivity index (χ1v) is 10.8. The van der Waals surface area contributed by atoms with Crippen molar-refractivity contribution in [2.45, 2.75) is 38.3 Å². The van der Waals surface area contributed by atoms with Crippen LogP contribution in [0.25, 0.3) is 11.0 Å². The number of pyridine rings is 1. The van der Waals surface area contributed by atoms with E-state index in [1.54, 1.807) is 20.0 Å². The van der Waals surface area contributed by atoms with Crippen molar-refractivity contribution in [3.8, 4) is 0 Å². The molecule has 7 nitrogen and oxygen atoms in total. The third kappa shape index (κ3) is 4.72. The Balaban J connectivity index is 1.69. The van der Waals surface area contributed by atoms with Gasteiger partial charge in [-0.1, -0.05) is 18.2 Å². The first-order chi connectivity index (χ1) is 15.8. The number of piperidine rings is 1. The number of rotatable bonds is 6. The van der Waals surface area contributed by atoms with Crippen LogP contribution in [-0.2, 0) is 13.5 Å². The van der Waals surface area contributed by atoms with E-state index in [-0.39, 0.29) is 17.0 Å². The fourth-order valence-electron chi connectivity index (χ4n) is 4.42. The maximum absolute atomic E-state index is 14.6. The third-order valence-corrected chi connectivity index (χ3v) is 6.12. The number of halogens is 3. The Kier molecular flexibility index (Phi) is 6.66. The van der Waals surface area contributed by atoms with Gasteiger partial charge >= 0.3 is 0 Å². The highest BCUT2D eigenvalue weighted by Gasteiger charge is 2.23. The number of β-amino-alcohol motifs (C(OH)–C–C–N with tert-alkyl or cyclic N) is 1. The number of aromatic nitrogens is 3. The van der Waals surface area contributed by atoms with Crippen molar-refractivity contribution in [2.75, 3.05) is 18.4 Å². The summed E-state index contributed by atoms with van der Waals surface area (Å²) in [4.78, 5) is 21.4. The highest BCUT2D eigenvalue weighted by molar-refractivity contribution is 5.87. The molecule has 0 spiro atoms. The second-order valence-electron chi connectivity index (χ2n) is 8.53. The minimum absolute atomic E-state index is 0.0897. The molecular formula is C23H26F3N5O2. The van der Waals surface area contributed by atoms with E-state index in [4.69, 9.17) is 0 Å². The summed E-state index contributed by atoms with van der Waals surface area (Å²) in [6.45, 7) is 2.89. The third-order valence-electron chi connectivity index (χ3n) is 6.12. The Hall–Kier alpha value is -2.98. The van der Waals surface area contributed by atoms with E-state index in [0.29, 0.717) is 48.3 Å². The van der Waals surface area contributed by atoms with E-state index in [2.05, 4.69) is 20.6 Å². The minimum Gasteiger partial charge on any atom is -0.392 e. The zero-order valence-corrected chi connectivity index (χ0v) is 18.4. The summed E-state index contributed by atoms with van der Waals surface area (Å²) >= 11 is 0. The van der Waals surface area contributed by atoms with Crippen LogP contribution in [0.15, 0.2) is 35.4 Å². The van der Waals surface area contributed by atoms with Gasteiger partial charge in [0.15, 0.2) is 0 Å². The van der Waals surface area contributed by atoms with Crippen LogP contribution in [0.5, 0.6) is 0 Å². The molecule has 0 saturated carbocycles. The first kappa shape index (κ1) is 23.2. The molecule has 0 aliphatic carbocycles. The van der Waals surface area contributed by atoms with E-state index in [0.717, 1.165) is 6.07 Å². The summed E-state index contributed by atoms with van der Waals surface area (Å²) in [7, 11) is 1.62. The van der Waals surface area contributed by atoms with Crippen LogP contribution in [-0.4, -0.2) is 38.8 Å². The van der Waals surface area contributed by atoms with Gasteiger partial charge < -0.3 is 15.7 Å². The lowest BCUT2D eigenvalue weighted by Crippen LogP contribution is -2.40. The molecule has 1 saturated heterocycles. The Morgan fingerprint density at radius 3 is 2.76 bits per heavy atom. The number of aliphatic hydroxyl groups excluding tert-OH is 1. The van der Waals surface area contributed by atoms with Crippen LogP contribution >= 0.6 is 0 Å².